The molecule has 5 aromatic carbocycles. The van der Waals surface area contributed by atoms with Crippen LogP contribution in [0.25, 0.3) is 30.0 Å². The van der Waals surface area contributed by atoms with Crippen molar-refractivity contribution in [3.05, 3.63) is 221 Å². The summed E-state index contributed by atoms with van der Waals surface area (Å²) in [5, 5.41) is -0.179. The predicted octanol–water partition coefficient (Wildman–Crippen LogP) is 4.95. The maximum atomic E-state index is 13.8. The van der Waals surface area contributed by atoms with Crippen LogP contribution in [0.5, 0.6) is 0 Å². The number of benzene rings is 4. The van der Waals surface area contributed by atoms with Crippen LogP contribution in [0.4, 0.5) is 0 Å². The second-order valence-electron chi connectivity index (χ2n) is 10.8. The quantitative estimate of drug-likeness (QED) is 0.184. The van der Waals surface area contributed by atoms with Crippen molar-refractivity contribution in [3.63, 3.8) is 0 Å². The first-order valence-corrected chi connectivity index (χ1v) is 18.2. The molecule has 2 aliphatic rings. The molecular weight excluding hydrogens is 698 g/mol. The Morgan fingerprint density at radius 1 is 0.348 bits per heavy atom. The van der Waals surface area contributed by atoms with E-state index in [0.29, 0.717) is 0 Å². The van der Waals surface area contributed by atoms with Gasteiger partial charge in [0.1, 0.15) is 0 Å². The Morgan fingerprint density at radius 3 is 0.870 bits per heavy atom. The molecule has 2 radical (unpaired) electrons. The minimum atomic E-state index is -0.760. The van der Waals surface area contributed by atoms with Gasteiger partial charge in [0.15, 0.2) is 0 Å². The molecular formula is C41H26O3Se2. The molecule has 2 aliphatic heterocycles. The zero-order valence-corrected chi connectivity index (χ0v) is 28.0. The Balaban J connectivity index is 1.34. The molecule has 0 spiro atoms. The zero-order chi connectivity index (χ0) is 31.5. The summed E-state index contributed by atoms with van der Waals surface area (Å²) in [6, 6.07) is 40.5. The third-order valence-electron chi connectivity index (χ3n) is 7.67. The van der Waals surface area contributed by atoms with Gasteiger partial charge in [-0.2, -0.15) is 0 Å². The van der Waals surface area contributed by atoms with Gasteiger partial charge in [0.2, 0.25) is 0 Å². The molecule has 0 fully saturated rings. The monoisotopic (exact) mass is 726 g/mol. The molecule has 7 rings (SSSR count). The van der Waals surface area contributed by atoms with Crippen LogP contribution >= 0.6 is 0 Å². The molecule has 0 unspecified atom stereocenters. The molecule has 46 heavy (non-hydrogen) atoms. The van der Waals surface area contributed by atoms with E-state index in [1.165, 1.54) is 0 Å². The molecule has 3 nitrogen and oxygen atoms in total. The normalized spacial score (nSPS) is 16.5. The first kappa shape index (κ1) is 30.0. The van der Waals surface area contributed by atoms with E-state index in [1.807, 2.05) is 97.1 Å². The summed E-state index contributed by atoms with van der Waals surface area (Å²) in [6.45, 7) is 0. The third kappa shape index (κ3) is 6.37. The van der Waals surface area contributed by atoms with Crippen molar-refractivity contribution in [2.75, 3.05) is 0 Å². The van der Waals surface area contributed by atoms with Gasteiger partial charge < -0.3 is 0 Å². The fraction of sp³-hybridized carbons (Fsp3) is 0. The maximum absolute atomic E-state index is 13.8. The topological polar surface area (TPSA) is 51.2 Å². The Kier molecular flexibility index (Phi) is 8.74. The van der Waals surface area contributed by atoms with E-state index < -0.39 is 16.3 Å². The van der Waals surface area contributed by atoms with Crippen LogP contribution in [-0.2, 0) is 0 Å². The van der Waals surface area contributed by atoms with Crippen molar-refractivity contribution in [3.8, 4) is 0 Å². The van der Waals surface area contributed by atoms with Crippen LogP contribution < -0.4 is 26.7 Å². The van der Waals surface area contributed by atoms with Crippen LogP contribution in [0, 0.1) is 11.8 Å². The number of allylic oxidation sites excluding steroid dienone is 4. The fourth-order valence-electron chi connectivity index (χ4n) is 5.38. The number of hydrogen-bond donors (Lipinski definition) is 0. The molecule has 0 saturated carbocycles. The average molecular weight is 725 g/mol. The second kappa shape index (κ2) is 13.4. The Labute approximate surface area is 279 Å². The molecule has 0 aliphatic carbocycles. The second-order valence-corrected chi connectivity index (χ2v) is 15.4. The molecule has 0 atom stereocenters. The summed E-state index contributed by atoms with van der Waals surface area (Å²) in [6.07, 6.45) is 11.3. The summed E-state index contributed by atoms with van der Waals surface area (Å²) in [5.74, 6) is 1.45. The van der Waals surface area contributed by atoms with Gasteiger partial charge in [0, 0.05) is 0 Å². The molecule has 0 bridgehead atoms. The van der Waals surface area contributed by atoms with Gasteiger partial charge in [0.25, 0.3) is 0 Å². The van der Waals surface area contributed by atoms with Crippen molar-refractivity contribution in [2.24, 2.45) is 0 Å². The van der Waals surface area contributed by atoms with Gasteiger partial charge in [-0.15, -0.1) is 0 Å². The molecule has 0 N–H and O–H groups in total. The van der Waals surface area contributed by atoms with E-state index >= 15 is 0 Å². The van der Waals surface area contributed by atoms with Crippen molar-refractivity contribution >= 4 is 60.0 Å². The first-order chi connectivity index (χ1) is 22.5. The molecule has 220 valence electrons. The van der Waals surface area contributed by atoms with Crippen molar-refractivity contribution in [1.82, 2.24) is 0 Å². The van der Waals surface area contributed by atoms with Crippen molar-refractivity contribution in [2.45, 2.75) is 0 Å². The van der Waals surface area contributed by atoms with Crippen LogP contribution in [0.3, 0.4) is 0 Å². The van der Waals surface area contributed by atoms with E-state index in [4.69, 9.17) is 0 Å². The first-order valence-electron chi connectivity index (χ1n) is 14.8. The van der Waals surface area contributed by atoms with E-state index in [0.717, 1.165) is 52.0 Å². The molecule has 2 heterocycles. The van der Waals surface area contributed by atoms with Gasteiger partial charge in [-0.25, -0.2) is 0 Å². The Hall–Kier alpha value is -4.63. The average Bonchev–Trinajstić information content (AvgIpc) is 3.31. The van der Waals surface area contributed by atoms with Gasteiger partial charge in [-0.3, -0.25) is 0 Å². The molecule has 0 aromatic heterocycles. The Bertz CT molecular complexity index is 2020. The van der Waals surface area contributed by atoms with Gasteiger partial charge in [0.05, 0.1) is 0 Å². The van der Waals surface area contributed by atoms with E-state index in [-0.39, 0.29) is 40.4 Å². The molecule has 5 heteroatoms. The van der Waals surface area contributed by atoms with Crippen LogP contribution in [0.1, 0.15) is 22.3 Å². The summed E-state index contributed by atoms with van der Waals surface area (Å²) in [4.78, 5) is 40.5. The standard InChI is InChI=1S/C41H26O3Se2/c42-39-33(21-27-23-35(29-13-5-1-6-14-29)45-36(24-27)30-15-7-2-8-16-30)40(43)41(44)34(39)22-28-25-37(31-17-9-3-10-18-31)46-38(26-28)32-19-11-4-12-20-32/h1-26H/b33-21-,34-22-. The third-order valence-corrected chi connectivity index (χ3v) is 12.5. The zero-order valence-electron chi connectivity index (χ0n) is 24.6. The minimum absolute atomic E-state index is 0.0139. The van der Waals surface area contributed by atoms with Gasteiger partial charge in [-0.05, 0) is 0 Å². The summed E-state index contributed by atoms with van der Waals surface area (Å²) in [5.41, 5.74) is 2.33. The summed E-state index contributed by atoms with van der Waals surface area (Å²) in [7, 11) is 0. The van der Waals surface area contributed by atoms with Crippen LogP contribution in [-0.4, -0.2) is 29.9 Å². The fourth-order valence-corrected chi connectivity index (χ4v) is 10.1. The molecule has 0 saturated heterocycles. The van der Waals surface area contributed by atoms with Crippen molar-refractivity contribution in [1.29, 1.82) is 0 Å². The van der Waals surface area contributed by atoms with Crippen LogP contribution in [0.2, 0.25) is 0 Å². The Morgan fingerprint density at radius 2 is 0.609 bits per heavy atom. The van der Waals surface area contributed by atoms with Crippen molar-refractivity contribution < 1.29 is 0 Å². The van der Waals surface area contributed by atoms with Gasteiger partial charge in [-0.1, -0.05) is 0 Å². The van der Waals surface area contributed by atoms with E-state index in [9.17, 15) is 14.4 Å². The number of rotatable bonds is 6. The predicted molar refractivity (Wildman–Crippen MR) is 191 cm³/mol. The van der Waals surface area contributed by atoms with E-state index in [1.54, 1.807) is 12.2 Å². The molecule has 5 aromatic rings. The summed E-state index contributed by atoms with van der Waals surface area (Å²) >= 11 is 0.0278. The molecule has 0 amide bonds. The van der Waals surface area contributed by atoms with E-state index in [2.05, 4.69) is 48.5 Å². The summed E-state index contributed by atoms with van der Waals surface area (Å²) < 4.78 is 4.55. The SMILES string of the molecule is O=c1c(=O)/c(=C\[C]2C=C(c3ccccc3)[Se]C(c3ccccc3)=C2)c(=O)/c1=C/[C]1C=C(c2ccccc2)[Se]C(c2ccccc2)=C1. The number of hydrogen-bond acceptors (Lipinski definition) is 3. The van der Waals surface area contributed by atoms with Crippen LogP contribution in [0.15, 0.2) is 160 Å². The van der Waals surface area contributed by atoms with Gasteiger partial charge >= 0.3 is 281 Å².